The average Bonchev–Trinajstić information content (AvgIpc) is 3.64. The van der Waals surface area contributed by atoms with Gasteiger partial charge in [-0.05, 0) is 69.2 Å². The van der Waals surface area contributed by atoms with E-state index in [1.807, 2.05) is 34.6 Å². The van der Waals surface area contributed by atoms with Crippen LogP contribution in [0.25, 0.3) is 33.4 Å². The zero-order valence-electron chi connectivity index (χ0n) is 39.0. The predicted octanol–water partition coefficient (Wildman–Crippen LogP) is 7.03. The Hall–Kier alpha value is -2.91. The molecular weight excluding hydrogens is 1110 g/mol. The molecule has 5 rings (SSSR count). The fourth-order valence-corrected chi connectivity index (χ4v) is 14.6. The molecule has 2 unspecified atom stereocenters. The molecule has 72 heavy (non-hydrogen) atoms. The smallest absolute Gasteiger partial charge is 0.478 e. The van der Waals surface area contributed by atoms with Gasteiger partial charge in [-0.3, -0.25) is 19.3 Å². The Balaban J connectivity index is 1.15. The summed E-state index contributed by atoms with van der Waals surface area (Å²) in [5.41, 5.74) is 7.00. The molecule has 393 valence electrons. The first kappa shape index (κ1) is 60.0. The number of carboxylic acid groups (broad SMARTS) is 1. The summed E-state index contributed by atoms with van der Waals surface area (Å²) in [7, 11) is -14.5. The molecule has 0 aromatic heterocycles. The first-order valence-electron chi connectivity index (χ1n) is 20.8. The molecule has 2 aliphatic heterocycles. The van der Waals surface area contributed by atoms with Gasteiger partial charge in [-0.2, -0.15) is 22.9 Å². The maximum absolute atomic E-state index is 13.5. The van der Waals surface area contributed by atoms with Crippen LogP contribution in [0.3, 0.4) is 0 Å². The molecular formula is C40H50BN3O20P3S5. The maximum atomic E-state index is 13.5. The van der Waals surface area contributed by atoms with Gasteiger partial charge < -0.3 is 54.4 Å². The molecule has 2 aromatic carbocycles. The number of nitrogens with two attached hydrogens (primary N) is 1. The van der Waals surface area contributed by atoms with Crippen molar-refractivity contribution >= 4 is 113 Å². The van der Waals surface area contributed by atoms with E-state index in [0.717, 1.165) is 6.07 Å². The van der Waals surface area contributed by atoms with Crippen LogP contribution in [-0.4, -0.2) is 116 Å². The van der Waals surface area contributed by atoms with Crippen molar-refractivity contribution in [3.05, 3.63) is 64.5 Å². The van der Waals surface area contributed by atoms with Crippen molar-refractivity contribution in [3.63, 3.8) is 0 Å². The predicted molar refractivity (Wildman–Crippen MR) is 274 cm³/mol. The lowest BCUT2D eigenvalue weighted by atomic mass is 9.71. The summed E-state index contributed by atoms with van der Waals surface area (Å²) in [5, 5.41) is 21.3. The summed E-state index contributed by atoms with van der Waals surface area (Å²) in [6.45, 7) is 10.8. The van der Waals surface area contributed by atoms with Gasteiger partial charge in [0.2, 0.25) is 0 Å². The Morgan fingerprint density at radius 1 is 0.972 bits per heavy atom. The molecule has 32 heteroatoms. The molecule has 1 amide bonds. The van der Waals surface area contributed by atoms with Crippen molar-refractivity contribution < 1.29 is 92.7 Å². The number of nitrogens with one attached hydrogen (secondary N) is 2. The molecule has 1 saturated heterocycles. The molecule has 0 bridgehead atoms. The number of ether oxygens (including phenoxy) is 3. The number of aromatic carboxylic acids is 1. The van der Waals surface area contributed by atoms with Gasteiger partial charge in [0.25, 0.3) is 23.3 Å². The number of carboxylic acids is 1. The summed E-state index contributed by atoms with van der Waals surface area (Å²) in [6.07, 6.45) is -1.47. The Bertz CT molecular complexity index is 3030. The van der Waals surface area contributed by atoms with Crippen molar-refractivity contribution in [2.75, 3.05) is 37.4 Å². The summed E-state index contributed by atoms with van der Waals surface area (Å²) in [5.74, 6) is 3.67. The molecule has 2 aromatic rings. The Labute approximate surface area is 430 Å². The third kappa shape index (κ3) is 17.3. The SMILES string of the molecule is Cc1c(N)ccc2c(-c3ccc(C(=O)NCC(C)(C)SSCOCC#C[B][C@H]4C[C@@H](OCSSC(C)(C)C)[C@@H](COP(=O)(O)OP(=O)(O)OP(=O)(O)O)O4)cc3C(=O)O)c3ccc(=N)c(S(=O)(=O)O)c-3oc12. The monoisotopic (exact) mass is 1160 g/mol. The number of phosphoric ester groups is 1. The van der Waals surface area contributed by atoms with Gasteiger partial charge >= 0.3 is 29.4 Å². The summed E-state index contributed by atoms with van der Waals surface area (Å²) in [4.78, 5) is 62.4. The summed E-state index contributed by atoms with van der Waals surface area (Å²) in [6, 6.07) is 9.04. The number of carbonyl (C=O) groups excluding carboxylic acids is 1. The summed E-state index contributed by atoms with van der Waals surface area (Å²) < 4.78 is 105. The standard InChI is InChI=1S/C40H50BN3O20P3S5/c1-22-28(42)12-10-25-33(26-11-13-29(43)36(72(55,56)57)35(26)62-34(22)25)24-9-8-23(16-27(24)38(46)47)37(45)44-19-40(5,6)71-68-20-58-15-7-14-41-32-17-30(59-21-69-70-39(2,3)4)31(61-32)18-60-66(51,52)64-67(53,54)63-65(48,49)50/h8-13,16,30-32,43H,15,17-21,42H2,1-6H3,(H,44,45)(H,46,47)(H,51,52)(H,53,54)(H2,48,49,50)(H,55,56,57)/t30-,31-,32-/m1/s1. The normalized spacial score (nSPS) is 18.3. The van der Waals surface area contributed by atoms with Crippen LogP contribution in [0.5, 0.6) is 0 Å². The minimum Gasteiger partial charge on any atom is -0.478 e. The van der Waals surface area contributed by atoms with Crippen molar-refractivity contribution in [3.8, 4) is 34.2 Å². The highest BCUT2D eigenvalue weighted by Gasteiger charge is 2.43. The highest BCUT2D eigenvalue weighted by molar-refractivity contribution is 8.77. The fourth-order valence-electron chi connectivity index (χ4n) is 6.66. The number of nitrogen functional groups attached to an aromatic ring is 1. The van der Waals surface area contributed by atoms with Crippen LogP contribution in [0.15, 0.2) is 51.8 Å². The van der Waals surface area contributed by atoms with E-state index in [1.165, 1.54) is 63.9 Å². The van der Waals surface area contributed by atoms with Crippen LogP contribution in [-0.2, 0) is 51.2 Å². The van der Waals surface area contributed by atoms with Gasteiger partial charge in [-0.1, -0.05) is 75.9 Å². The van der Waals surface area contributed by atoms with E-state index < -0.39 is 85.3 Å². The van der Waals surface area contributed by atoms with E-state index in [4.69, 9.17) is 44.1 Å². The largest absolute Gasteiger partial charge is 0.490 e. The number of benzene rings is 3. The van der Waals surface area contributed by atoms with Crippen molar-refractivity contribution in [1.82, 2.24) is 5.32 Å². The molecule has 1 aliphatic carbocycles. The first-order valence-corrected chi connectivity index (χ1v) is 31.4. The number of anilines is 1. The number of rotatable bonds is 23. The quantitative estimate of drug-likeness (QED) is 0.00414. The second-order valence-corrected chi connectivity index (χ2v) is 28.9. The minimum absolute atomic E-state index is 0.00980. The van der Waals surface area contributed by atoms with Gasteiger partial charge in [-0.25, -0.2) is 18.5 Å². The number of phosphoric acid groups is 3. The van der Waals surface area contributed by atoms with E-state index in [2.05, 4.69) is 25.7 Å². The Morgan fingerprint density at radius 2 is 1.65 bits per heavy atom. The van der Waals surface area contributed by atoms with E-state index in [0.29, 0.717) is 10.9 Å². The van der Waals surface area contributed by atoms with E-state index in [-0.39, 0.29) is 81.0 Å². The van der Waals surface area contributed by atoms with E-state index in [9.17, 15) is 51.1 Å². The van der Waals surface area contributed by atoms with Crippen LogP contribution >= 0.6 is 66.6 Å². The van der Waals surface area contributed by atoms with Crippen molar-refractivity contribution in [2.45, 2.75) is 80.6 Å². The van der Waals surface area contributed by atoms with Crippen LogP contribution in [0.1, 0.15) is 67.3 Å². The molecule has 3 aliphatic rings. The van der Waals surface area contributed by atoms with Gasteiger partial charge in [0.1, 0.15) is 30.2 Å². The number of fused-ring (bicyclic) bond motifs is 2. The molecule has 2 heterocycles. The van der Waals surface area contributed by atoms with Crippen LogP contribution in [0.4, 0.5) is 5.69 Å². The van der Waals surface area contributed by atoms with Gasteiger partial charge in [0.15, 0.2) is 10.7 Å². The lowest BCUT2D eigenvalue weighted by Gasteiger charge is -2.23. The van der Waals surface area contributed by atoms with Crippen molar-refractivity contribution in [1.29, 1.82) is 5.41 Å². The Kier molecular flexibility index (Phi) is 20.3. The second-order valence-electron chi connectivity index (χ2n) is 17.1. The zero-order valence-corrected chi connectivity index (χ0v) is 45.7. The maximum Gasteiger partial charge on any atom is 0.490 e. The minimum atomic E-state index is -5.72. The number of carbonyl (C=O) groups is 2. The third-order valence-electron chi connectivity index (χ3n) is 9.66. The van der Waals surface area contributed by atoms with Crippen molar-refractivity contribution in [2.24, 2.45) is 0 Å². The molecule has 23 nitrogen and oxygen atoms in total. The number of amides is 1. The number of hydrogen-bond acceptors (Lipinski definition) is 20. The fraction of sp³-hybridized carbons (Fsp3) is 0.425. The van der Waals surface area contributed by atoms with Crippen LogP contribution in [0, 0.1) is 24.1 Å². The lowest BCUT2D eigenvalue weighted by molar-refractivity contribution is -0.0240. The van der Waals surface area contributed by atoms with Gasteiger partial charge in [-0.15, -0.1) is 0 Å². The topological polar surface area (TPSA) is 371 Å². The average molecular weight is 1160 g/mol. The summed E-state index contributed by atoms with van der Waals surface area (Å²) >= 11 is 0. The molecule has 5 atom stereocenters. The number of aryl methyl sites for hydroxylation is 1. The van der Waals surface area contributed by atoms with Gasteiger partial charge in [0, 0.05) is 55.4 Å². The second kappa shape index (κ2) is 24.4. The number of hydrogen-bond donors (Lipinski definition) is 9. The molecule has 1 radical (unpaired) electrons. The lowest BCUT2D eigenvalue weighted by Crippen LogP contribution is -2.36. The molecule has 0 saturated carbocycles. The highest BCUT2D eigenvalue weighted by atomic mass is 33.1. The molecule has 10 N–H and O–H groups in total. The first-order chi connectivity index (χ1) is 33.3. The zero-order chi connectivity index (χ0) is 53.6. The van der Waals surface area contributed by atoms with E-state index in [1.54, 1.807) is 29.9 Å². The Morgan fingerprint density at radius 3 is 2.31 bits per heavy atom. The van der Waals surface area contributed by atoms with Crippen LogP contribution < -0.4 is 16.4 Å². The highest BCUT2D eigenvalue weighted by Crippen LogP contribution is 2.66. The van der Waals surface area contributed by atoms with Crippen LogP contribution in [0.2, 0.25) is 0 Å². The van der Waals surface area contributed by atoms with E-state index >= 15 is 0 Å². The molecule has 0 spiro atoms. The molecule has 1 fully saturated rings. The van der Waals surface area contributed by atoms with Gasteiger partial charge in [0.05, 0.1) is 23.6 Å². The third-order valence-corrected chi connectivity index (χ3v) is 20.4.